The summed E-state index contributed by atoms with van der Waals surface area (Å²) in [4.78, 5) is 3.40. The number of rotatable bonds is 1. The monoisotopic (exact) mass is 253 g/mol. The lowest BCUT2D eigenvalue weighted by Gasteiger charge is -2.28. The molecule has 1 fully saturated rings. The molecular weight excluding hydrogens is 228 g/mol. The van der Waals surface area contributed by atoms with Crippen LogP contribution >= 0.6 is 15.9 Å². The Hall–Kier alpha value is -0.570. The molecule has 0 amide bonds. The molecule has 1 aromatic heterocycles. The van der Waals surface area contributed by atoms with Gasteiger partial charge in [-0.3, -0.25) is 0 Å². The first-order valence-corrected chi connectivity index (χ1v) is 4.10. The van der Waals surface area contributed by atoms with E-state index >= 15 is 0 Å². The van der Waals surface area contributed by atoms with E-state index in [1.807, 2.05) is 0 Å². The average Bonchev–Trinajstić information content (AvgIpc) is 2.47. The van der Waals surface area contributed by atoms with Crippen molar-refractivity contribution in [1.29, 1.82) is 0 Å². The molecule has 0 bridgehead atoms. The first-order valence-electron chi connectivity index (χ1n) is 9.81. The summed E-state index contributed by atoms with van der Waals surface area (Å²) in [5.41, 5.74) is -0.907. The number of hydrogen-bond donors (Lipinski definition) is 0. The third-order valence-electron chi connectivity index (χ3n) is 1.23. The molecule has 70 valence electrons. The quantitative estimate of drug-likeness (QED) is 0.716. The Morgan fingerprint density at radius 1 is 1.46 bits per heavy atom. The highest BCUT2D eigenvalue weighted by molar-refractivity contribution is 9.10. The van der Waals surface area contributed by atoms with Crippen molar-refractivity contribution in [2.75, 3.05) is 17.9 Å². The number of hydrogen-bond acceptors (Lipinski definition) is 2. The van der Waals surface area contributed by atoms with Gasteiger partial charge in [0.05, 0.1) is 4.11 Å². The number of aromatic nitrogens is 1. The zero-order valence-corrected chi connectivity index (χ0v) is 7.86. The fourth-order valence-corrected chi connectivity index (χ4v) is 1.01. The number of nitrogens with zero attached hydrogens (tertiary/aromatic N) is 2. The number of halogens is 1. The minimum Gasteiger partial charge on any atom is -0.371 e. The van der Waals surface area contributed by atoms with Gasteiger partial charge in [0.15, 0.2) is 0 Å². The zero-order valence-electron chi connectivity index (χ0n) is 19.3. The zero-order chi connectivity index (χ0) is 20.7. The van der Waals surface area contributed by atoms with E-state index in [9.17, 15) is 0 Å². The SMILES string of the molecule is [2H]c1nc(Br)c([2H])c(N2C([2H])([2H])C([2H])([2H])C([2H])([2H])C([2H])([2H])C2([2H])[2H])c1[2H]. The second-order valence-corrected chi connectivity index (χ2v) is 2.80. The van der Waals surface area contributed by atoms with Gasteiger partial charge in [-0.15, -0.1) is 0 Å². The maximum absolute atomic E-state index is 8.05. The van der Waals surface area contributed by atoms with E-state index in [0.717, 1.165) is 0 Å². The summed E-state index contributed by atoms with van der Waals surface area (Å²) in [6.07, 6.45) is -11.5. The Kier molecular flexibility index (Phi) is 0.732. The molecule has 1 saturated heterocycles. The average molecular weight is 254 g/mol. The van der Waals surface area contributed by atoms with Gasteiger partial charge in [-0.05, 0) is 47.1 Å². The summed E-state index contributed by atoms with van der Waals surface area (Å²) in [6.45, 7) is -7.02. The molecule has 0 aromatic carbocycles. The molecule has 2 rings (SSSR count). The van der Waals surface area contributed by atoms with Crippen molar-refractivity contribution in [2.45, 2.75) is 19.1 Å². The van der Waals surface area contributed by atoms with E-state index < -0.39 is 56.1 Å². The van der Waals surface area contributed by atoms with Crippen molar-refractivity contribution in [3.8, 4) is 0 Å². The van der Waals surface area contributed by atoms with Gasteiger partial charge in [-0.25, -0.2) is 4.98 Å². The summed E-state index contributed by atoms with van der Waals surface area (Å²) >= 11 is 2.82. The summed E-state index contributed by atoms with van der Waals surface area (Å²) in [5.74, 6) is 0. The molecule has 3 heteroatoms. The van der Waals surface area contributed by atoms with Gasteiger partial charge >= 0.3 is 0 Å². The molecule has 0 spiro atoms. The molecule has 0 atom stereocenters. The second kappa shape index (κ2) is 4.09. The van der Waals surface area contributed by atoms with E-state index in [0.29, 0.717) is 0 Å². The standard InChI is InChI=1S/C10H13BrN2/c11-10-8-9(4-5-12-10)13-6-2-1-3-7-13/h4-5,8H,1-3,6-7H2/i1D2,2D2,3D2,4D,5D,6D2,7D2,8D. The highest BCUT2D eigenvalue weighted by atomic mass is 79.9. The van der Waals surface area contributed by atoms with Crippen LogP contribution in [0.4, 0.5) is 5.69 Å². The number of pyridine rings is 1. The lowest BCUT2D eigenvalue weighted by atomic mass is 10.1. The van der Waals surface area contributed by atoms with Gasteiger partial charge in [0.25, 0.3) is 0 Å². The van der Waals surface area contributed by atoms with Gasteiger partial charge in [0, 0.05) is 38.6 Å². The van der Waals surface area contributed by atoms with Crippen LogP contribution in [0.25, 0.3) is 0 Å². The smallest absolute Gasteiger partial charge is 0.108 e. The van der Waals surface area contributed by atoms with Gasteiger partial charge in [-0.2, -0.15) is 0 Å². The maximum Gasteiger partial charge on any atom is 0.108 e. The van der Waals surface area contributed by atoms with Crippen molar-refractivity contribution >= 4 is 21.6 Å². The first-order chi connectivity index (χ1) is 11.4. The van der Waals surface area contributed by atoms with Crippen LogP contribution in [0.15, 0.2) is 22.9 Å². The van der Waals surface area contributed by atoms with Crippen LogP contribution in [-0.2, 0) is 0 Å². The van der Waals surface area contributed by atoms with Crippen LogP contribution in [0, 0.1) is 0 Å². The van der Waals surface area contributed by atoms with Gasteiger partial charge in [-0.1, -0.05) is 0 Å². The first kappa shape index (κ1) is 2.32. The van der Waals surface area contributed by atoms with Crippen molar-refractivity contribution < 1.29 is 17.8 Å². The summed E-state index contributed by atoms with van der Waals surface area (Å²) in [5, 5.41) is 0. The molecule has 1 aromatic rings. The molecule has 2 nitrogen and oxygen atoms in total. The second-order valence-electron chi connectivity index (χ2n) is 2.05. The van der Waals surface area contributed by atoms with E-state index in [1.165, 1.54) is 0 Å². The molecule has 1 aliphatic heterocycles. The lowest BCUT2D eigenvalue weighted by Crippen LogP contribution is -2.29. The van der Waals surface area contributed by atoms with Crippen LogP contribution in [0.1, 0.15) is 36.9 Å². The van der Waals surface area contributed by atoms with Crippen LogP contribution in [0.2, 0.25) is 0 Å². The van der Waals surface area contributed by atoms with Crippen molar-refractivity contribution in [3.05, 3.63) is 22.9 Å². The Morgan fingerprint density at radius 2 is 2.23 bits per heavy atom. The Labute approximate surface area is 105 Å². The van der Waals surface area contributed by atoms with Gasteiger partial charge in [0.2, 0.25) is 0 Å². The fraction of sp³-hybridized carbons (Fsp3) is 0.500. The number of piperidine rings is 1. The third kappa shape index (κ3) is 2.21. The molecule has 0 N–H and O–H groups in total. The van der Waals surface area contributed by atoms with E-state index in [4.69, 9.17) is 17.8 Å². The minimum absolute atomic E-state index is 0.101. The molecule has 0 unspecified atom stereocenters. The Morgan fingerprint density at radius 3 is 3.00 bits per heavy atom. The summed E-state index contributed by atoms with van der Waals surface area (Å²) in [7, 11) is 0. The van der Waals surface area contributed by atoms with Crippen LogP contribution in [0.5, 0.6) is 0 Å². The molecule has 0 saturated carbocycles. The third-order valence-corrected chi connectivity index (χ3v) is 1.61. The van der Waals surface area contributed by atoms with Crippen molar-refractivity contribution in [1.82, 2.24) is 4.98 Å². The largest absolute Gasteiger partial charge is 0.371 e. The van der Waals surface area contributed by atoms with Crippen LogP contribution in [0.3, 0.4) is 0 Å². The topological polar surface area (TPSA) is 16.1 Å². The summed E-state index contributed by atoms with van der Waals surface area (Å²) < 4.78 is 102. The molecule has 2 heterocycles. The molecule has 0 radical (unpaired) electrons. The predicted octanol–water partition coefficient (Wildman–Crippen LogP) is 2.83. The molecule has 0 aliphatic carbocycles. The van der Waals surface area contributed by atoms with Crippen LogP contribution in [-0.4, -0.2) is 18.0 Å². The minimum atomic E-state index is -3.60. The highest BCUT2D eigenvalue weighted by Crippen LogP contribution is 2.21. The van der Waals surface area contributed by atoms with Gasteiger partial charge in [0.1, 0.15) is 4.60 Å². The Bertz CT molecular complexity index is 706. The highest BCUT2D eigenvalue weighted by Gasteiger charge is 2.10. The molecule has 13 heavy (non-hydrogen) atoms. The normalized spacial score (nSPS) is 51.5. The Balaban J connectivity index is 2.97. The fourth-order valence-electron chi connectivity index (χ4n) is 0.737. The van der Waals surface area contributed by atoms with Gasteiger partial charge < -0.3 is 4.90 Å². The predicted molar refractivity (Wildman–Crippen MR) is 58.0 cm³/mol. The van der Waals surface area contributed by atoms with E-state index in [1.54, 1.807) is 0 Å². The molecular formula is C10H13BrN2. The van der Waals surface area contributed by atoms with Crippen molar-refractivity contribution in [3.63, 3.8) is 0 Å². The maximum atomic E-state index is 8.05. The van der Waals surface area contributed by atoms with Crippen LogP contribution < -0.4 is 4.90 Å². The lowest BCUT2D eigenvalue weighted by molar-refractivity contribution is 0.577. The van der Waals surface area contributed by atoms with E-state index in [2.05, 4.69) is 20.9 Å². The molecule has 1 aliphatic rings. The summed E-state index contributed by atoms with van der Waals surface area (Å²) in [6, 6.07) is -1.67. The number of anilines is 1. The van der Waals surface area contributed by atoms with Crippen molar-refractivity contribution in [2.24, 2.45) is 0 Å². The van der Waals surface area contributed by atoms with E-state index in [-0.39, 0.29) is 9.50 Å².